The summed E-state index contributed by atoms with van der Waals surface area (Å²) in [6, 6.07) is 5.21. The van der Waals surface area contributed by atoms with E-state index in [1.807, 2.05) is 24.3 Å². The number of methoxy groups -OCH3 is 1. The molecule has 2 aromatic rings. The van der Waals surface area contributed by atoms with Gasteiger partial charge in [0, 0.05) is 17.3 Å². The van der Waals surface area contributed by atoms with Crippen molar-refractivity contribution in [1.29, 1.82) is 0 Å². The lowest BCUT2D eigenvalue weighted by atomic mass is 10.0. The molecule has 0 radical (unpaired) electrons. The van der Waals surface area contributed by atoms with E-state index in [4.69, 9.17) is 0 Å². The van der Waals surface area contributed by atoms with Gasteiger partial charge in [-0.05, 0) is 11.6 Å². The standard InChI is InChI=1S/C15H15N3O5/c1-23-15(22)18-12-11-8(6-10(14(20)21)17-13(12)19)7-4-2-3-5-9(7)16-11/h2-5,10,12,16H,6H2,1H3,(H,17,19)(H,18,22)(H,20,21)/t10-,12-/m0/s1. The Morgan fingerprint density at radius 3 is 2.78 bits per heavy atom. The summed E-state index contributed by atoms with van der Waals surface area (Å²) in [6.07, 6.45) is -0.650. The zero-order valence-corrected chi connectivity index (χ0v) is 12.3. The maximum absolute atomic E-state index is 12.4. The highest BCUT2D eigenvalue weighted by atomic mass is 16.5. The summed E-state index contributed by atoms with van der Waals surface area (Å²) in [5.74, 6) is -1.73. The molecule has 2 atom stereocenters. The lowest BCUT2D eigenvalue weighted by Crippen LogP contribution is -2.46. The van der Waals surface area contributed by atoms with Crippen LogP contribution in [-0.4, -0.2) is 41.2 Å². The van der Waals surface area contributed by atoms with E-state index in [-0.39, 0.29) is 6.42 Å². The first kappa shape index (κ1) is 14.9. The molecule has 1 aromatic heterocycles. The van der Waals surface area contributed by atoms with Crippen LogP contribution < -0.4 is 10.6 Å². The maximum Gasteiger partial charge on any atom is 0.407 e. The van der Waals surface area contributed by atoms with Gasteiger partial charge in [-0.3, -0.25) is 4.79 Å². The molecule has 23 heavy (non-hydrogen) atoms. The number of nitrogens with one attached hydrogen (secondary N) is 3. The summed E-state index contributed by atoms with van der Waals surface area (Å²) < 4.78 is 4.55. The lowest BCUT2D eigenvalue weighted by molar-refractivity contribution is -0.141. The van der Waals surface area contributed by atoms with Gasteiger partial charge in [-0.2, -0.15) is 0 Å². The largest absolute Gasteiger partial charge is 0.480 e. The van der Waals surface area contributed by atoms with Crippen molar-refractivity contribution >= 4 is 28.9 Å². The summed E-state index contributed by atoms with van der Waals surface area (Å²) in [5, 5.41) is 15.0. The van der Waals surface area contributed by atoms with Crippen LogP contribution in [0.4, 0.5) is 4.79 Å². The number of amides is 2. The molecular weight excluding hydrogens is 302 g/mol. The Morgan fingerprint density at radius 2 is 2.09 bits per heavy atom. The minimum Gasteiger partial charge on any atom is -0.480 e. The summed E-state index contributed by atoms with van der Waals surface area (Å²) in [6.45, 7) is 0. The second-order valence-electron chi connectivity index (χ2n) is 5.24. The molecule has 1 aromatic carbocycles. The smallest absolute Gasteiger partial charge is 0.407 e. The number of benzene rings is 1. The Kier molecular flexibility index (Phi) is 3.65. The molecule has 0 saturated heterocycles. The van der Waals surface area contributed by atoms with Gasteiger partial charge in [0.1, 0.15) is 6.04 Å². The van der Waals surface area contributed by atoms with Crippen LogP contribution in [0, 0.1) is 0 Å². The Hall–Kier alpha value is -3.03. The Bertz CT molecular complexity index is 798. The van der Waals surface area contributed by atoms with Crippen molar-refractivity contribution in [3.8, 4) is 0 Å². The molecule has 0 spiro atoms. The molecule has 0 saturated carbocycles. The molecule has 8 nitrogen and oxygen atoms in total. The number of carboxylic acid groups (broad SMARTS) is 1. The fraction of sp³-hybridized carbons (Fsp3) is 0.267. The lowest BCUT2D eigenvalue weighted by Gasteiger charge is -2.16. The summed E-state index contributed by atoms with van der Waals surface area (Å²) >= 11 is 0. The minimum atomic E-state index is -1.13. The number of hydrogen-bond donors (Lipinski definition) is 4. The molecule has 1 aliphatic heterocycles. The first-order valence-electron chi connectivity index (χ1n) is 6.98. The van der Waals surface area contributed by atoms with E-state index in [2.05, 4.69) is 20.4 Å². The van der Waals surface area contributed by atoms with E-state index < -0.39 is 30.1 Å². The highest BCUT2D eigenvalue weighted by Gasteiger charge is 2.36. The van der Waals surface area contributed by atoms with Crippen LogP contribution in [0.2, 0.25) is 0 Å². The average Bonchev–Trinajstić information content (AvgIpc) is 2.83. The van der Waals surface area contributed by atoms with Crippen molar-refractivity contribution in [2.45, 2.75) is 18.5 Å². The number of fused-ring (bicyclic) bond motifs is 3. The van der Waals surface area contributed by atoms with Gasteiger partial charge < -0.3 is 25.5 Å². The van der Waals surface area contributed by atoms with Crippen LogP contribution in [0.3, 0.4) is 0 Å². The number of ether oxygens (including phenoxy) is 1. The summed E-state index contributed by atoms with van der Waals surface area (Å²) in [4.78, 5) is 38.4. The summed E-state index contributed by atoms with van der Waals surface area (Å²) in [7, 11) is 1.19. The van der Waals surface area contributed by atoms with Crippen LogP contribution in [-0.2, 0) is 20.7 Å². The Balaban J connectivity index is 2.14. The van der Waals surface area contributed by atoms with Crippen LogP contribution in [0.15, 0.2) is 24.3 Å². The first-order valence-corrected chi connectivity index (χ1v) is 6.98. The number of aromatic amines is 1. The number of rotatable bonds is 2. The molecule has 2 heterocycles. The third-order valence-corrected chi connectivity index (χ3v) is 3.87. The van der Waals surface area contributed by atoms with Gasteiger partial charge in [0.2, 0.25) is 5.91 Å². The molecule has 0 bridgehead atoms. The van der Waals surface area contributed by atoms with Crippen molar-refractivity contribution in [2.24, 2.45) is 0 Å². The fourth-order valence-electron chi connectivity index (χ4n) is 2.79. The topological polar surface area (TPSA) is 121 Å². The number of carboxylic acids is 1. The van der Waals surface area contributed by atoms with Crippen molar-refractivity contribution < 1.29 is 24.2 Å². The molecule has 0 fully saturated rings. The number of hydrogen-bond acceptors (Lipinski definition) is 4. The van der Waals surface area contributed by atoms with Crippen LogP contribution in [0.5, 0.6) is 0 Å². The van der Waals surface area contributed by atoms with Crippen molar-refractivity contribution in [1.82, 2.24) is 15.6 Å². The highest BCUT2D eigenvalue weighted by Crippen LogP contribution is 2.30. The maximum atomic E-state index is 12.4. The molecule has 0 unspecified atom stereocenters. The second-order valence-corrected chi connectivity index (χ2v) is 5.24. The van der Waals surface area contributed by atoms with E-state index in [9.17, 15) is 19.5 Å². The number of aromatic nitrogens is 1. The third-order valence-electron chi connectivity index (χ3n) is 3.87. The quantitative estimate of drug-likeness (QED) is 0.649. The van der Waals surface area contributed by atoms with Gasteiger partial charge in [-0.25, -0.2) is 9.59 Å². The highest BCUT2D eigenvalue weighted by molar-refractivity contribution is 5.95. The Morgan fingerprint density at radius 1 is 1.35 bits per heavy atom. The number of carbonyl (C=O) groups excluding carboxylic acids is 2. The van der Waals surface area contributed by atoms with Crippen molar-refractivity contribution in [3.63, 3.8) is 0 Å². The molecule has 3 rings (SSSR count). The number of H-pyrrole nitrogens is 1. The molecular formula is C15H15N3O5. The van der Waals surface area contributed by atoms with E-state index in [1.165, 1.54) is 7.11 Å². The minimum absolute atomic E-state index is 0.125. The number of carbonyl (C=O) groups is 3. The van der Waals surface area contributed by atoms with Crippen molar-refractivity contribution in [3.05, 3.63) is 35.5 Å². The van der Waals surface area contributed by atoms with Gasteiger partial charge in [-0.15, -0.1) is 0 Å². The van der Waals surface area contributed by atoms with E-state index in [0.717, 1.165) is 10.9 Å². The molecule has 120 valence electrons. The molecule has 2 amide bonds. The Labute approximate surface area is 130 Å². The van der Waals surface area contributed by atoms with Crippen molar-refractivity contribution in [2.75, 3.05) is 7.11 Å². The van der Waals surface area contributed by atoms with Gasteiger partial charge in [0.15, 0.2) is 6.04 Å². The normalized spacial score (nSPS) is 20.3. The average molecular weight is 317 g/mol. The van der Waals surface area contributed by atoms with Crippen LogP contribution >= 0.6 is 0 Å². The van der Waals surface area contributed by atoms with Crippen LogP contribution in [0.25, 0.3) is 10.9 Å². The third kappa shape index (κ3) is 2.59. The zero-order chi connectivity index (χ0) is 16.6. The van der Waals surface area contributed by atoms with Gasteiger partial charge in [-0.1, -0.05) is 18.2 Å². The SMILES string of the molecule is COC(=O)N[C@@H]1C(=O)N[C@H](C(=O)O)Cc2c1[nH]c1ccccc21. The zero-order valence-electron chi connectivity index (χ0n) is 12.3. The molecule has 8 heteroatoms. The monoisotopic (exact) mass is 317 g/mol. The predicted molar refractivity (Wildman–Crippen MR) is 79.9 cm³/mol. The molecule has 0 aliphatic carbocycles. The molecule has 1 aliphatic rings. The first-order chi connectivity index (χ1) is 11.0. The van der Waals surface area contributed by atoms with Gasteiger partial charge in [0.05, 0.1) is 12.8 Å². The van der Waals surface area contributed by atoms with E-state index in [1.54, 1.807) is 0 Å². The van der Waals surface area contributed by atoms with Gasteiger partial charge >= 0.3 is 12.1 Å². The van der Waals surface area contributed by atoms with E-state index in [0.29, 0.717) is 11.3 Å². The summed E-state index contributed by atoms with van der Waals surface area (Å²) in [5.41, 5.74) is 1.93. The number of aliphatic carboxylic acids is 1. The predicted octanol–water partition coefficient (Wildman–Crippen LogP) is 0.690. The second kappa shape index (κ2) is 5.64. The van der Waals surface area contributed by atoms with E-state index >= 15 is 0 Å². The number of para-hydroxylation sites is 1. The fourth-order valence-corrected chi connectivity index (χ4v) is 2.79. The van der Waals surface area contributed by atoms with Gasteiger partial charge in [0.25, 0.3) is 0 Å². The number of alkyl carbamates (subject to hydrolysis) is 1. The molecule has 4 N–H and O–H groups in total. The van der Waals surface area contributed by atoms with Crippen LogP contribution in [0.1, 0.15) is 17.3 Å².